The van der Waals surface area contributed by atoms with Crippen LogP contribution in [0.25, 0.3) is 0 Å². The van der Waals surface area contributed by atoms with E-state index in [2.05, 4.69) is 22.1 Å². The third-order valence-electron chi connectivity index (χ3n) is 2.18. The molecule has 17 heavy (non-hydrogen) atoms. The summed E-state index contributed by atoms with van der Waals surface area (Å²) in [7, 11) is 0. The standard InChI is InChI=1S/C13H15ClN2O/c1-4-5-6-15-13(17)10-7-11(9(2)3)16-12(14)8-10/h7-9H,6H2,1-3H3,(H,15,17). The number of nitrogens with one attached hydrogen (secondary N) is 1. The van der Waals surface area contributed by atoms with Gasteiger partial charge in [-0.3, -0.25) is 4.79 Å². The number of aromatic nitrogens is 1. The van der Waals surface area contributed by atoms with E-state index in [1.165, 1.54) is 0 Å². The highest BCUT2D eigenvalue weighted by Gasteiger charge is 2.10. The molecular formula is C13H15ClN2O. The number of carbonyl (C=O) groups excluding carboxylic acids is 1. The van der Waals surface area contributed by atoms with Crippen molar-refractivity contribution in [1.29, 1.82) is 0 Å². The van der Waals surface area contributed by atoms with E-state index in [1.807, 2.05) is 13.8 Å². The smallest absolute Gasteiger partial charge is 0.252 e. The Hall–Kier alpha value is -1.53. The monoisotopic (exact) mass is 250 g/mol. The van der Waals surface area contributed by atoms with Crippen LogP contribution in [0.4, 0.5) is 0 Å². The minimum atomic E-state index is -0.182. The number of halogens is 1. The van der Waals surface area contributed by atoms with E-state index in [-0.39, 0.29) is 11.8 Å². The Morgan fingerprint density at radius 1 is 1.53 bits per heavy atom. The first-order valence-corrected chi connectivity index (χ1v) is 5.77. The maximum Gasteiger partial charge on any atom is 0.252 e. The van der Waals surface area contributed by atoms with Crippen molar-refractivity contribution in [3.63, 3.8) is 0 Å². The minimum Gasteiger partial charge on any atom is -0.341 e. The predicted molar refractivity (Wildman–Crippen MR) is 69.1 cm³/mol. The normalized spacial score (nSPS) is 9.71. The molecule has 0 aliphatic rings. The van der Waals surface area contributed by atoms with Crippen LogP contribution >= 0.6 is 11.6 Å². The van der Waals surface area contributed by atoms with Crippen molar-refractivity contribution in [3.05, 3.63) is 28.5 Å². The lowest BCUT2D eigenvalue weighted by atomic mass is 10.1. The molecule has 0 aliphatic heterocycles. The van der Waals surface area contributed by atoms with Crippen molar-refractivity contribution in [2.45, 2.75) is 26.7 Å². The second-order valence-corrected chi connectivity index (χ2v) is 4.25. The van der Waals surface area contributed by atoms with Gasteiger partial charge in [-0.2, -0.15) is 0 Å². The van der Waals surface area contributed by atoms with Gasteiger partial charge in [-0.05, 0) is 25.0 Å². The number of carbonyl (C=O) groups is 1. The molecule has 0 fully saturated rings. The molecule has 1 aromatic rings. The van der Waals surface area contributed by atoms with Crippen molar-refractivity contribution in [3.8, 4) is 11.8 Å². The maximum atomic E-state index is 11.8. The fourth-order valence-corrected chi connectivity index (χ4v) is 1.47. The molecule has 1 rings (SSSR count). The van der Waals surface area contributed by atoms with Gasteiger partial charge in [-0.25, -0.2) is 4.98 Å². The lowest BCUT2D eigenvalue weighted by Crippen LogP contribution is -2.23. The number of pyridine rings is 1. The summed E-state index contributed by atoms with van der Waals surface area (Å²) in [5.41, 5.74) is 1.33. The number of hydrogen-bond acceptors (Lipinski definition) is 2. The second-order valence-electron chi connectivity index (χ2n) is 3.87. The fraction of sp³-hybridized carbons (Fsp3) is 0.385. The van der Waals surface area contributed by atoms with Gasteiger partial charge in [0.25, 0.3) is 5.91 Å². The highest BCUT2D eigenvalue weighted by Crippen LogP contribution is 2.17. The van der Waals surface area contributed by atoms with Gasteiger partial charge in [0, 0.05) is 11.3 Å². The van der Waals surface area contributed by atoms with Crippen molar-refractivity contribution >= 4 is 17.5 Å². The number of rotatable bonds is 3. The van der Waals surface area contributed by atoms with Gasteiger partial charge in [0.05, 0.1) is 6.54 Å². The van der Waals surface area contributed by atoms with Crippen molar-refractivity contribution in [2.24, 2.45) is 0 Å². The SMILES string of the molecule is CC#CCNC(=O)c1cc(Cl)nc(C(C)C)c1. The summed E-state index contributed by atoms with van der Waals surface area (Å²) in [5, 5.41) is 3.03. The zero-order valence-electron chi connectivity index (χ0n) is 10.2. The first-order chi connectivity index (χ1) is 8.04. The number of amides is 1. The van der Waals surface area contributed by atoms with Crippen molar-refractivity contribution in [1.82, 2.24) is 10.3 Å². The lowest BCUT2D eigenvalue weighted by Gasteiger charge is -2.08. The van der Waals surface area contributed by atoms with Crippen LogP contribution in [-0.2, 0) is 0 Å². The third-order valence-corrected chi connectivity index (χ3v) is 2.38. The fourth-order valence-electron chi connectivity index (χ4n) is 1.26. The van der Waals surface area contributed by atoms with E-state index in [0.29, 0.717) is 17.3 Å². The topological polar surface area (TPSA) is 42.0 Å². The zero-order chi connectivity index (χ0) is 12.8. The number of nitrogens with zero attached hydrogens (tertiary/aromatic N) is 1. The Bertz CT molecular complexity index is 472. The quantitative estimate of drug-likeness (QED) is 0.662. The summed E-state index contributed by atoms with van der Waals surface area (Å²) >= 11 is 5.88. The highest BCUT2D eigenvalue weighted by molar-refractivity contribution is 6.29. The summed E-state index contributed by atoms with van der Waals surface area (Å²) in [5.74, 6) is 5.53. The molecule has 0 saturated carbocycles. The lowest BCUT2D eigenvalue weighted by molar-refractivity contribution is 0.0958. The van der Waals surface area contributed by atoms with Crippen LogP contribution in [0.3, 0.4) is 0 Å². The number of hydrogen-bond donors (Lipinski definition) is 1. The first-order valence-electron chi connectivity index (χ1n) is 5.40. The summed E-state index contributed by atoms with van der Waals surface area (Å²) < 4.78 is 0. The van der Waals surface area contributed by atoms with E-state index in [9.17, 15) is 4.79 Å². The second kappa shape index (κ2) is 6.27. The van der Waals surface area contributed by atoms with Crippen LogP contribution in [0.1, 0.15) is 42.7 Å². The Kier molecular flexibility index (Phi) is 4.99. The Morgan fingerprint density at radius 2 is 2.24 bits per heavy atom. The zero-order valence-corrected chi connectivity index (χ0v) is 10.9. The van der Waals surface area contributed by atoms with Gasteiger partial charge < -0.3 is 5.32 Å². The highest BCUT2D eigenvalue weighted by atomic mass is 35.5. The molecule has 90 valence electrons. The third kappa shape index (κ3) is 4.08. The van der Waals surface area contributed by atoms with Crippen molar-refractivity contribution in [2.75, 3.05) is 6.54 Å². The molecule has 0 atom stereocenters. The predicted octanol–water partition coefficient (Wildman–Crippen LogP) is 2.61. The van der Waals surface area contributed by atoms with Crippen molar-refractivity contribution < 1.29 is 4.79 Å². The van der Waals surface area contributed by atoms with Gasteiger partial charge >= 0.3 is 0 Å². The molecule has 0 aliphatic carbocycles. The van der Waals surface area contributed by atoms with E-state index < -0.39 is 0 Å². The summed E-state index contributed by atoms with van der Waals surface area (Å²) in [4.78, 5) is 16.0. The molecule has 4 heteroatoms. The van der Waals surface area contributed by atoms with E-state index in [1.54, 1.807) is 19.1 Å². The van der Waals surface area contributed by atoms with Crippen LogP contribution in [0.5, 0.6) is 0 Å². The Balaban J connectivity index is 2.88. The summed E-state index contributed by atoms with van der Waals surface area (Å²) in [6.45, 7) is 6.07. The molecule has 0 bridgehead atoms. The molecular weight excluding hydrogens is 236 g/mol. The van der Waals surface area contributed by atoms with Gasteiger partial charge in [0.2, 0.25) is 0 Å². The molecule has 1 aromatic heterocycles. The van der Waals surface area contributed by atoms with Crippen LogP contribution in [-0.4, -0.2) is 17.4 Å². The van der Waals surface area contributed by atoms with Crippen LogP contribution in [0.2, 0.25) is 5.15 Å². The molecule has 0 unspecified atom stereocenters. The van der Waals surface area contributed by atoms with Gasteiger partial charge in [-0.1, -0.05) is 31.4 Å². The van der Waals surface area contributed by atoms with E-state index >= 15 is 0 Å². The van der Waals surface area contributed by atoms with Gasteiger partial charge in [-0.15, -0.1) is 5.92 Å². The molecule has 0 saturated heterocycles. The molecule has 0 radical (unpaired) electrons. The minimum absolute atomic E-state index is 0.182. The molecule has 1 heterocycles. The first kappa shape index (κ1) is 13.5. The van der Waals surface area contributed by atoms with Gasteiger partial charge in [0.15, 0.2) is 0 Å². The van der Waals surface area contributed by atoms with Crippen LogP contribution in [0, 0.1) is 11.8 Å². The molecule has 0 spiro atoms. The molecule has 0 aromatic carbocycles. The summed E-state index contributed by atoms with van der Waals surface area (Å²) in [6, 6.07) is 3.31. The average Bonchev–Trinajstić information content (AvgIpc) is 2.28. The largest absolute Gasteiger partial charge is 0.341 e. The van der Waals surface area contributed by atoms with E-state index in [0.717, 1.165) is 5.69 Å². The van der Waals surface area contributed by atoms with Gasteiger partial charge in [0.1, 0.15) is 5.15 Å². The Labute approximate surface area is 107 Å². The van der Waals surface area contributed by atoms with Crippen LogP contribution in [0.15, 0.2) is 12.1 Å². The molecule has 3 nitrogen and oxygen atoms in total. The molecule has 1 N–H and O–H groups in total. The molecule has 1 amide bonds. The van der Waals surface area contributed by atoms with Crippen LogP contribution < -0.4 is 5.32 Å². The Morgan fingerprint density at radius 3 is 2.82 bits per heavy atom. The average molecular weight is 251 g/mol. The maximum absolute atomic E-state index is 11.8. The van der Waals surface area contributed by atoms with E-state index in [4.69, 9.17) is 11.6 Å². The summed E-state index contributed by atoms with van der Waals surface area (Å²) in [6.07, 6.45) is 0.